The van der Waals surface area contributed by atoms with Crippen LogP contribution in [0.4, 0.5) is 5.69 Å². The zero-order chi connectivity index (χ0) is 12.8. The van der Waals surface area contributed by atoms with Crippen molar-refractivity contribution < 1.29 is 0 Å². The highest BCUT2D eigenvalue weighted by molar-refractivity contribution is 5.48. The summed E-state index contributed by atoms with van der Waals surface area (Å²) in [6.07, 6.45) is 5.89. The van der Waals surface area contributed by atoms with Crippen molar-refractivity contribution in [2.24, 2.45) is 0 Å². The highest BCUT2D eigenvalue weighted by Crippen LogP contribution is 2.16. The molecule has 0 amide bonds. The van der Waals surface area contributed by atoms with Gasteiger partial charge in [0.2, 0.25) is 0 Å². The summed E-state index contributed by atoms with van der Waals surface area (Å²) in [6, 6.07) is 13.1. The van der Waals surface area contributed by atoms with Gasteiger partial charge in [0.05, 0.1) is 11.9 Å². The van der Waals surface area contributed by atoms with E-state index in [-0.39, 0.29) is 0 Å². The quantitative estimate of drug-likeness (QED) is 0.859. The van der Waals surface area contributed by atoms with Crippen molar-refractivity contribution in [1.82, 2.24) is 4.98 Å². The third-order valence-electron chi connectivity index (χ3n) is 3.22. The van der Waals surface area contributed by atoms with Gasteiger partial charge in [-0.15, -0.1) is 0 Å². The highest BCUT2D eigenvalue weighted by atomic mass is 14.9. The van der Waals surface area contributed by atoms with E-state index in [2.05, 4.69) is 54.5 Å². The summed E-state index contributed by atoms with van der Waals surface area (Å²) in [5.41, 5.74) is 3.76. The predicted molar refractivity (Wildman–Crippen MR) is 76.8 cm³/mol. The lowest BCUT2D eigenvalue weighted by atomic mass is 10.0. The molecule has 1 aromatic carbocycles. The summed E-state index contributed by atoms with van der Waals surface area (Å²) in [5.74, 6) is 0. The first-order valence-corrected chi connectivity index (χ1v) is 6.50. The van der Waals surface area contributed by atoms with Crippen molar-refractivity contribution in [2.75, 3.05) is 5.32 Å². The molecule has 0 fully saturated rings. The number of nitrogens with one attached hydrogen (secondary N) is 1. The van der Waals surface area contributed by atoms with Crippen molar-refractivity contribution in [3.8, 4) is 0 Å². The van der Waals surface area contributed by atoms with E-state index in [0.717, 1.165) is 18.5 Å². The Morgan fingerprint density at radius 3 is 2.61 bits per heavy atom. The summed E-state index contributed by atoms with van der Waals surface area (Å²) in [7, 11) is 0. The van der Waals surface area contributed by atoms with Crippen LogP contribution in [0.1, 0.15) is 24.5 Å². The van der Waals surface area contributed by atoms with Crippen LogP contribution < -0.4 is 5.32 Å². The third-order valence-corrected chi connectivity index (χ3v) is 3.22. The van der Waals surface area contributed by atoms with Crippen LogP contribution in [0, 0.1) is 6.92 Å². The minimum absolute atomic E-state index is 0.454. The molecule has 0 aliphatic rings. The van der Waals surface area contributed by atoms with Gasteiger partial charge in [0.1, 0.15) is 0 Å². The number of hydrogen-bond acceptors (Lipinski definition) is 2. The molecule has 2 aromatic rings. The SMILES string of the molecule is CCC(Cc1ccccc1)Nc1cnccc1C. The van der Waals surface area contributed by atoms with Crippen molar-refractivity contribution in [1.29, 1.82) is 0 Å². The maximum atomic E-state index is 4.18. The Morgan fingerprint density at radius 2 is 1.94 bits per heavy atom. The second kappa shape index (κ2) is 6.20. The molecule has 0 saturated carbocycles. The Labute approximate surface area is 109 Å². The Kier molecular flexibility index (Phi) is 4.35. The molecule has 1 heterocycles. The number of aryl methyl sites for hydroxylation is 1. The number of nitrogens with zero attached hydrogens (tertiary/aromatic N) is 1. The zero-order valence-corrected chi connectivity index (χ0v) is 11.1. The summed E-state index contributed by atoms with van der Waals surface area (Å²) in [5, 5.41) is 3.58. The average Bonchev–Trinajstić information content (AvgIpc) is 2.41. The van der Waals surface area contributed by atoms with E-state index >= 15 is 0 Å². The van der Waals surface area contributed by atoms with Crippen molar-refractivity contribution >= 4 is 5.69 Å². The van der Waals surface area contributed by atoms with Crippen molar-refractivity contribution in [3.63, 3.8) is 0 Å². The number of anilines is 1. The summed E-state index contributed by atoms with van der Waals surface area (Å²) in [6.45, 7) is 4.32. The molecule has 1 aromatic heterocycles. The lowest BCUT2D eigenvalue weighted by molar-refractivity contribution is 0.689. The van der Waals surface area contributed by atoms with Gasteiger partial charge in [-0.05, 0) is 37.0 Å². The second-order valence-electron chi connectivity index (χ2n) is 4.63. The molecule has 0 radical (unpaired) electrons. The highest BCUT2D eigenvalue weighted by Gasteiger charge is 2.08. The molecule has 1 unspecified atom stereocenters. The number of aromatic nitrogens is 1. The first kappa shape index (κ1) is 12.6. The molecule has 0 aliphatic heterocycles. The molecule has 94 valence electrons. The van der Waals surface area contributed by atoms with Crippen LogP contribution in [0.2, 0.25) is 0 Å². The Balaban J connectivity index is 2.04. The van der Waals surface area contributed by atoms with Crippen LogP contribution in [0.5, 0.6) is 0 Å². The molecule has 1 N–H and O–H groups in total. The van der Waals surface area contributed by atoms with E-state index in [1.54, 1.807) is 0 Å². The molecule has 2 rings (SSSR count). The Morgan fingerprint density at radius 1 is 1.17 bits per heavy atom. The fourth-order valence-corrected chi connectivity index (χ4v) is 2.03. The monoisotopic (exact) mass is 240 g/mol. The van der Waals surface area contributed by atoms with E-state index in [1.807, 2.05) is 18.5 Å². The molecule has 2 heteroatoms. The third kappa shape index (κ3) is 3.33. The molecule has 0 saturated heterocycles. The van der Waals surface area contributed by atoms with Crippen molar-refractivity contribution in [2.45, 2.75) is 32.7 Å². The maximum absolute atomic E-state index is 4.18. The van der Waals surface area contributed by atoms with Gasteiger partial charge in [0.15, 0.2) is 0 Å². The van der Waals surface area contributed by atoms with Crippen LogP contribution in [0.3, 0.4) is 0 Å². The standard InChI is InChI=1S/C16H20N2/c1-3-15(11-14-7-5-4-6-8-14)18-16-12-17-10-9-13(16)2/h4-10,12,15,18H,3,11H2,1-2H3. The lowest BCUT2D eigenvalue weighted by Crippen LogP contribution is -2.21. The molecule has 0 spiro atoms. The minimum Gasteiger partial charge on any atom is -0.381 e. The minimum atomic E-state index is 0.454. The van der Waals surface area contributed by atoms with Gasteiger partial charge in [-0.2, -0.15) is 0 Å². The summed E-state index contributed by atoms with van der Waals surface area (Å²) < 4.78 is 0. The molecule has 0 bridgehead atoms. The number of rotatable bonds is 5. The normalized spacial score (nSPS) is 12.1. The van der Waals surface area contributed by atoms with Crippen LogP contribution in [-0.4, -0.2) is 11.0 Å². The summed E-state index contributed by atoms with van der Waals surface area (Å²) >= 11 is 0. The molecule has 2 nitrogen and oxygen atoms in total. The van der Waals surface area contributed by atoms with E-state index in [4.69, 9.17) is 0 Å². The molecule has 0 aliphatic carbocycles. The van der Waals surface area contributed by atoms with Gasteiger partial charge in [-0.25, -0.2) is 0 Å². The number of hydrogen-bond donors (Lipinski definition) is 1. The number of benzene rings is 1. The molecule has 1 atom stereocenters. The van der Waals surface area contributed by atoms with Gasteiger partial charge in [-0.1, -0.05) is 37.3 Å². The van der Waals surface area contributed by atoms with Crippen LogP contribution in [0.15, 0.2) is 48.8 Å². The Bertz CT molecular complexity index is 479. The van der Waals surface area contributed by atoms with Gasteiger partial charge in [0.25, 0.3) is 0 Å². The smallest absolute Gasteiger partial charge is 0.0558 e. The van der Waals surface area contributed by atoms with Crippen LogP contribution in [-0.2, 0) is 6.42 Å². The molecular formula is C16H20N2. The number of pyridine rings is 1. The largest absolute Gasteiger partial charge is 0.381 e. The molecular weight excluding hydrogens is 220 g/mol. The van der Waals surface area contributed by atoms with E-state index in [1.165, 1.54) is 11.1 Å². The zero-order valence-electron chi connectivity index (χ0n) is 11.1. The Hall–Kier alpha value is -1.83. The first-order chi connectivity index (χ1) is 8.79. The fourth-order valence-electron chi connectivity index (χ4n) is 2.03. The van der Waals surface area contributed by atoms with Gasteiger partial charge in [-0.3, -0.25) is 4.98 Å². The van der Waals surface area contributed by atoms with E-state index in [0.29, 0.717) is 6.04 Å². The lowest BCUT2D eigenvalue weighted by Gasteiger charge is -2.19. The topological polar surface area (TPSA) is 24.9 Å². The van der Waals surface area contributed by atoms with Crippen LogP contribution >= 0.6 is 0 Å². The molecule has 18 heavy (non-hydrogen) atoms. The van der Waals surface area contributed by atoms with Gasteiger partial charge >= 0.3 is 0 Å². The predicted octanol–water partition coefficient (Wildman–Crippen LogP) is 3.82. The first-order valence-electron chi connectivity index (χ1n) is 6.50. The summed E-state index contributed by atoms with van der Waals surface area (Å²) in [4.78, 5) is 4.18. The van der Waals surface area contributed by atoms with Gasteiger partial charge < -0.3 is 5.32 Å². The van der Waals surface area contributed by atoms with E-state index in [9.17, 15) is 0 Å². The maximum Gasteiger partial charge on any atom is 0.0558 e. The van der Waals surface area contributed by atoms with Crippen molar-refractivity contribution in [3.05, 3.63) is 59.9 Å². The fraction of sp³-hybridized carbons (Fsp3) is 0.312. The van der Waals surface area contributed by atoms with E-state index < -0.39 is 0 Å². The average molecular weight is 240 g/mol. The van der Waals surface area contributed by atoms with Crippen LogP contribution in [0.25, 0.3) is 0 Å². The van der Waals surface area contributed by atoms with Gasteiger partial charge in [0, 0.05) is 12.2 Å². The second-order valence-corrected chi connectivity index (χ2v) is 4.63.